The maximum atomic E-state index is 11.6. The first kappa shape index (κ1) is 16.9. The minimum atomic E-state index is -0.165. The van der Waals surface area contributed by atoms with Gasteiger partial charge in [0.25, 0.3) is 0 Å². The predicted octanol–water partition coefficient (Wildman–Crippen LogP) is 1.58. The highest BCUT2D eigenvalue weighted by molar-refractivity contribution is 7.99. The second-order valence-electron chi connectivity index (χ2n) is 5.35. The average molecular weight is 351 g/mol. The summed E-state index contributed by atoms with van der Waals surface area (Å²) >= 11 is 1.22. The van der Waals surface area contributed by atoms with Gasteiger partial charge in [-0.25, -0.2) is 4.68 Å². The molecule has 0 spiro atoms. The molecule has 7 heteroatoms. The third-order valence-electron chi connectivity index (χ3n) is 3.68. The van der Waals surface area contributed by atoms with Gasteiger partial charge in [0.1, 0.15) is 0 Å². The average Bonchev–Trinajstić information content (AvgIpc) is 2.98. The van der Waals surface area contributed by atoms with Crippen LogP contribution >= 0.6 is 11.8 Å². The fraction of sp³-hybridized carbons (Fsp3) is 0.167. The van der Waals surface area contributed by atoms with Crippen molar-refractivity contribution >= 4 is 28.4 Å². The second kappa shape index (κ2) is 7.73. The van der Waals surface area contributed by atoms with Crippen LogP contribution in [0.5, 0.6) is 0 Å². The minimum Gasteiger partial charge on any atom is -0.344 e. The van der Waals surface area contributed by atoms with Gasteiger partial charge in [-0.3, -0.25) is 4.79 Å². The number of nitrogen functional groups attached to an aromatic ring is 1. The molecule has 3 N–H and O–H groups in total. The maximum absolute atomic E-state index is 11.6. The zero-order valence-electron chi connectivity index (χ0n) is 13.5. The summed E-state index contributed by atoms with van der Waals surface area (Å²) in [5.74, 6) is 9.11. The van der Waals surface area contributed by atoms with Gasteiger partial charge in [0.15, 0.2) is 5.82 Å². The molecule has 1 amide bonds. The van der Waals surface area contributed by atoms with E-state index >= 15 is 0 Å². The number of nitrogens with two attached hydrogens (primary N) is 1. The molecule has 1 aromatic heterocycles. The topological polar surface area (TPSA) is 85.8 Å². The molecule has 0 fully saturated rings. The first-order valence-electron chi connectivity index (χ1n) is 7.68. The van der Waals surface area contributed by atoms with Gasteiger partial charge < -0.3 is 11.2 Å². The molecule has 25 heavy (non-hydrogen) atoms. The van der Waals surface area contributed by atoms with Gasteiger partial charge in [0.2, 0.25) is 11.1 Å². The number of hydrogen-bond donors (Lipinski definition) is 2. The lowest BCUT2D eigenvalue weighted by atomic mass is 10.0. The third kappa shape index (κ3) is 3.92. The van der Waals surface area contributed by atoms with Crippen LogP contribution in [0.2, 0.25) is 0 Å². The first-order chi connectivity index (χ1) is 12.2. The fourth-order valence-corrected chi connectivity index (χ4v) is 3.18. The molecule has 126 valence electrons. The summed E-state index contributed by atoms with van der Waals surface area (Å²) in [4.78, 5) is 11.6. The number of nitrogens with zero attached hydrogens (tertiary/aromatic N) is 3. The molecule has 0 unspecified atom stereocenters. The first-order valence-corrected chi connectivity index (χ1v) is 8.66. The van der Waals surface area contributed by atoms with Crippen molar-refractivity contribution in [2.24, 2.45) is 0 Å². The van der Waals surface area contributed by atoms with Crippen LogP contribution in [-0.2, 0) is 11.2 Å². The van der Waals surface area contributed by atoms with E-state index in [-0.39, 0.29) is 18.2 Å². The number of nitrogens with one attached hydrogen (secondary N) is 1. The lowest BCUT2D eigenvalue weighted by Gasteiger charge is -2.07. The van der Waals surface area contributed by atoms with Crippen molar-refractivity contribution in [2.45, 2.75) is 11.6 Å². The van der Waals surface area contributed by atoms with Crippen molar-refractivity contribution < 1.29 is 4.79 Å². The molecule has 2 aromatic carbocycles. The fourth-order valence-electron chi connectivity index (χ4n) is 2.47. The zero-order chi connectivity index (χ0) is 17.6. The summed E-state index contributed by atoms with van der Waals surface area (Å²) in [6.45, 7) is 0.209. The Morgan fingerprint density at radius 2 is 2.04 bits per heavy atom. The number of carbonyl (C=O) groups is 1. The van der Waals surface area contributed by atoms with E-state index in [9.17, 15) is 4.79 Å². The largest absolute Gasteiger partial charge is 0.344 e. The highest BCUT2D eigenvalue weighted by Gasteiger charge is 2.13. The smallest absolute Gasteiger partial charge is 0.231 e. The van der Waals surface area contributed by atoms with Crippen molar-refractivity contribution in [2.75, 3.05) is 18.1 Å². The number of benzene rings is 2. The normalized spacial score (nSPS) is 10.5. The molecule has 0 atom stereocenters. The number of fused-ring (bicyclic) bond motifs is 1. The molecule has 0 bridgehead atoms. The van der Waals surface area contributed by atoms with Gasteiger partial charge in [-0.1, -0.05) is 60.1 Å². The second-order valence-corrected chi connectivity index (χ2v) is 6.30. The van der Waals surface area contributed by atoms with Crippen LogP contribution in [0, 0.1) is 12.3 Å². The Morgan fingerprint density at radius 1 is 1.24 bits per heavy atom. The van der Waals surface area contributed by atoms with Gasteiger partial charge in [0, 0.05) is 6.42 Å². The van der Waals surface area contributed by atoms with E-state index in [4.69, 9.17) is 12.3 Å². The zero-order valence-corrected chi connectivity index (χ0v) is 14.3. The third-order valence-corrected chi connectivity index (χ3v) is 4.63. The molecule has 0 saturated heterocycles. The van der Waals surface area contributed by atoms with E-state index in [0.717, 1.165) is 10.9 Å². The Labute approximate surface area is 149 Å². The van der Waals surface area contributed by atoms with Gasteiger partial charge >= 0.3 is 0 Å². The van der Waals surface area contributed by atoms with Gasteiger partial charge in [-0.2, -0.15) is 0 Å². The molecule has 0 aliphatic carbocycles. The predicted molar refractivity (Wildman–Crippen MR) is 99.5 cm³/mol. The quantitative estimate of drug-likeness (QED) is 0.400. The molecule has 3 rings (SSSR count). The Hall–Kier alpha value is -2.98. The molecule has 0 aliphatic heterocycles. The Bertz CT molecular complexity index is 939. The van der Waals surface area contributed by atoms with Crippen molar-refractivity contribution in [1.82, 2.24) is 20.2 Å². The van der Waals surface area contributed by atoms with Crippen LogP contribution in [-0.4, -0.2) is 33.1 Å². The van der Waals surface area contributed by atoms with Crippen LogP contribution < -0.4 is 11.2 Å². The molecule has 1 heterocycles. The van der Waals surface area contributed by atoms with Gasteiger partial charge in [0.05, 0.1) is 12.3 Å². The van der Waals surface area contributed by atoms with E-state index in [1.54, 1.807) is 0 Å². The lowest BCUT2D eigenvalue weighted by Crippen LogP contribution is -2.25. The summed E-state index contributed by atoms with van der Waals surface area (Å²) in [6, 6.07) is 14.3. The van der Waals surface area contributed by atoms with Crippen molar-refractivity contribution in [1.29, 1.82) is 0 Å². The maximum Gasteiger partial charge on any atom is 0.231 e. The summed E-state index contributed by atoms with van der Waals surface area (Å²) in [5.41, 5.74) is 1.13. The minimum absolute atomic E-state index is 0.165. The van der Waals surface area contributed by atoms with Crippen molar-refractivity contribution in [3.05, 3.63) is 53.9 Å². The highest BCUT2D eigenvalue weighted by Crippen LogP contribution is 2.22. The summed E-state index contributed by atoms with van der Waals surface area (Å²) in [5, 5.41) is 13.7. The number of rotatable bonds is 6. The Balaban J connectivity index is 1.73. The van der Waals surface area contributed by atoms with E-state index in [1.165, 1.54) is 21.8 Å². The molecular formula is C18H17N5OS. The summed E-state index contributed by atoms with van der Waals surface area (Å²) < 4.78 is 1.43. The number of carbonyl (C=O) groups excluding carboxylic acids is 1. The Morgan fingerprint density at radius 3 is 2.88 bits per heavy atom. The van der Waals surface area contributed by atoms with Crippen LogP contribution in [0.3, 0.4) is 0 Å². The molecule has 0 aliphatic rings. The molecule has 6 nitrogen and oxygen atoms in total. The molecular weight excluding hydrogens is 334 g/mol. The van der Waals surface area contributed by atoms with Crippen LogP contribution in [0.25, 0.3) is 10.8 Å². The number of thioether (sulfide) groups is 1. The SMILES string of the molecule is C#CCNC(=O)CSc1nnc(Cc2cccc3ccccc23)n1N. The summed E-state index contributed by atoms with van der Waals surface area (Å²) in [6.07, 6.45) is 5.67. The van der Waals surface area contributed by atoms with Gasteiger partial charge in [-0.15, -0.1) is 16.6 Å². The number of amides is 1. The van der Waals surface area contributed by atoms with Crippen molar-refractivity contribution in [3.63, 3.8) is 0 Å². The van der Waals surface area contributed by atoms with E-state index in [0.29, 0.717) is 17.4 Å². The lowest BCUT2D eigenvalue weighted by molar-refractivity contribution is -0.118. The van der Waals surface area contributed by atoms with Crippen LogP contribution in [0.1, 0.15) is 11.4 Å². The summed E-state index contributed by atoms with van der Waals surface area (Å²) in [7, 11) is 0. The Kier molecular flexibility index (Phi) is 5.21. The number of terminal acetylenes is 1. The molecule has 0 radical (unpaired) electrons. The van der Waals surface area contributed by atoms with E-state index in [1.807, 2.05) is 18.2 Å². The standard InChI is InChI=1S/C18H17N5OS/c1-2-10-20-17(24)12-25-18-22-21-16(23(18)19)11-14-8-5-7-13-6-3-4-9-15(13)14/h1,3-9H,10-12,19H2,(H,20,24). The van der Waals surface area contributed by atoms with E-state index in [2.05, 4.69) is 45.7 Å². The van der Waals surface area contributed by atoms with Gasteiger partial charge in [-0.05, 0) is 16.3 Å². The highest BCUT2D eigenvalue weighted by atomic mass is 32.2. The van der Waals surface area contributed by atoms with Crippen LogP contribution in [0.15, 0.2) is 47.6 Å². The monoisotopic (exact) mass is 351 g/mol. The number of hydrogen-bond acceptors (Lipinski definition) is 5. The van der Waals surface area contributed by atoms with E-state index < -0.39 is 0 Å². The molecule has 0 saturated carbocycles. The number of aromatic nitrogens is 3. The molecule has 3 aromatic rings. The van der Waals surface area contributed by atoms with Crippen molar-refractivity contribution in [3.8, 4) is 12.3 Å². The van der Waals surface area contributed by atoms with Crippen LogP contribution in [0.4, 0.5) is 0 Å².